The molecule has 114 valence electrons. The highest BCUT2D eigenvalue weighted by atomic mass is 79.9. The van der Waals surface area contributed by atoms with Crippen molar-refractivity contribution in [2.45, 2.75) is 29.1 Å². The third-order valence-corrected chi connectivity index (χ3v) is 6.64. The van der Waals surface area contributed by atoms with Gasteiger partial charge in [0.2, 0.25) is 0 Å². The summed E-state index contributed by atoms with van der Waals surface area (Å²) in [7, 11) is 0. The van der Waals surface area contributed by atoms with Crippen molar-refractivity contribution in [3.05, 3.63) is 82.3 Å². The van der Waals surface area contributed by atoms with Crippen LogP contribution in [0, 0.1) is 0 Å². The van der Waals surface area contributed by atoms with Gasteiger partial charge in [-0.3, -0.25) is 0 Å². The molecule has 0 fully saturated rings. The second-order valence-electron chi connectivity index (χ2n) is 6.41. The lowest BCUT2D eigenvalue weighted by Gasteiger charge is -2.21. The Bertz CT molecular complexity index is 896. The molecule has 0 amide bonds. The van der Waals surface area contributed by atoms with Crippen LogP contribution in [-0.4, -0.2) is 0 Å². The molecule has 0 heterocycles. The van der Waals surface area contributed by atoms with E-state index in [0.717, 1.165) is 4.47 Å². The molecule has 3 aromatic carbocycles. The molecular formula is C21H17BrS. The summed E-state index contributed by atoms with van der Waals surface area (Å²) in [4.78, 5) is 2.54. The van der Waals surface area contributed by atoms with Gasteiger partial charge in [0.05, 0.1) is 0 Å². The van der Waals surface area contributed by atoms with E-state index in [0.29, 0.717) is 0 Å². The number of hydrogen-bond acceptors (Lipinski definition) is 1. The molecule has 0 radical (unpaired) electrons. The van der Waals surface area contributed by atoms with Crippen LogP contribution >= 0.6 is 27.7 Å². The molecule has 0 bridgehead atoms. The van der Waals surface area contributed by atoms with Crippen molar-refractivity contribution < 1.29 is 0 Å². The van der Waals surface area contributed by atoms with Crippen LogP contribution < -0.4 is 0 Å². The van der Waals surface area contributed by atoms with E-state index in [-0.39, 0.29) is 5.41 Å². The van der Waals surface area contributed by atoms with E-state index < -0.39 is 0 Å². The Morgan fingerprint density at radius 3 is 2.30 bits per heavy atom. The highest BCUT2D eigenvalue weighted by Gasteiger charge is 2.35. The van der Waals surface area contributed by atoms with Gasteiger partial charge in [0.15, 0.2) is 0 Å². The molecular weight excluding hydrogens is 364 g/mol. The van der Waals surface area contributed by atoms with Crippen molar-refractivity contribution in [1.29, 1.82) is 0 Å². The van der Waals surface area contributed by atoms with Gasteiger partial charge < -0.3 is 0 Å². The van der Waals surface area contributed by atoms with Crippen molar-refractivity contribution in [3.8, 4) is 11.1 Å². The number of halogens is 1. The first-order valence-electron chi connectivity index (χ1n) is 7.74. The summed E-state index contributed by atoms with van der Waals surface area (Å²) in [6.45, 7) is 4.65. The first kappa shape index (κ1) is 15.0. The second-order valence-corrected chi connectivity index (χ2v) is 8.38. The van der Waals surface area contributed by atoms with Crippen LogP contribution in [0.5, 0.6) is 0 Å². The molecule has 0 aliphatic heterocycles. The van der Waals surface area contributed by atoms with E-state index in [4.69, 9.17) is 0 Å². The summed E-state index contributed by atoms with van der Waals surface area (Å²) in [6, 6.07) is 24.0. The minimum absolute atomic E-state index is 0.0659. The van der Waals surface area contributed by atoms with E-state index in [1.807, 2.05) is 11.8 Å². The maximum atomic E-state index is 3.64. The Labute approximate surface area is 150 Å². The Morgan fingerprint density at radius 1 is 0.783 bits per heavy atom. The lowest BCUT2D eigenvalue weighted by molar-refractivity contribution is 0.658. The summed E-state index contributed by atoms with van der Waals surface area (Å²) >= 11 is 5.45. The quantitative estimate of drug-likeness (QED) is 0.465. The molecule has 0 nitrogen and oxygen atoms in total. The molecule has 0 spiro atoms. The summed E-state index contributed by atoms with van der Waals surface area (Å²) in [5.41, 5.74) is 5.68. The van der Waals surface area contributed by atoms with Crippen LogP contribution in [0.3, 0.4) is 0 Å². The van der Waals surface area contributed by atoms with Gasteiger partial charge in [-0.25, -0.2) is 0 Å². The molecule has 3 aromatic rings. The SMILES string of the molecule is CC1(C)c2ccccc2-c2ccc(Sc3ccccc3Br)cc21. The average Bonchev–Trinajstić information content (AvgIpc) is 2.78. The third kappa shape index (κ3) is 2.45. The fraction of sp³-hybridized carbons (Fsp3) is 0.143. The van der Waals surface area contributed by atoms with Crippen LogP contribution in [-0.2, 0) is 5.41 Å². The summed E-state index contributed by atoms with van der Waals surface area (Å²) < 4.78 is 1.15. The number of hydrogen-bond donors (Lipinski definition) is 0. The summed E-state index contributed by atoms with van der Waals surface area (Å²) in [6.07, 6.45) is 0. The van der Waals surface area contributed by atoms with Gasteiger partial charge in [-0.2, -0.15) is 0 Å². The zero-order chi connectivity index (χ0) is 16.0. The first-order valence-corrected chi connectivity index (χ1v) is 9.35. The van der Waals surface area contributed by atoms with Crippen molar-refractivity contribution in [2.24, 2.45) is 0 Å². The highest BCUT2D eigenvalue weighted by molar-refractivity contribution is 9.10. The van der Waals surface area contributed by atoms with Gasteiger partial charge in [-0.1, -0.05) is 68.1 Å². The minimum atomic E-state index is 0.0659. The first-order chi connectivity index (χ1) is 11.1. The zero-order valence-electron chi connectivity index (χ0n) is 13.1. The fourth-order valence-electron chi connectivity index (χ4n) is 3.40. The molecule has 0 unspecified atom stereocenters. The van der Waals surface area contributed by atoms with Crippen LogP contribution in [0.25, 0.3) is 11.1 Å². The maximum absolute atomic E-state index is 3.64. The fourth-order valence-corrected chi connectivity index (χ4v) is 4.81. The summed E-state index contributed by atoms with van der Waals surface area (Å²) in [5, 5.41) is 0. The molecule has 0 atom stereocenters. The van der Waals surface area contributed by atoms with E-state index >= 15 is 0 Å². The maximum Gasteiger partial charge on any atom is 0.0314 e. The van der Waals surface area contributed by atoms with Crippen LogP contribution in [0.4, 0.5) is 0 Å². The van der Waals surface area contributed by atoms with E-state index in [2.05, 4.69) is 96.5 Å². The molecule has 0 saturated carbocycles. The van der Waals surface area contributed by atoms with Crippen LogP contribution in [0.1, 0.15) is 25.0 Å². The minimum Gasteiger partial charge on any atom is -0.0889 e. The van der Waals surface area contributed by atoms with Gasteiger partial charge in [-0.05, 0) is 62.4 Å². The molecule has 1 aliphatic rings. The highest BCUT2D eigenvalue weighted by Crippen LogP contribution is 2.49. The molecule has 4 rings (SSSR count). The van der Waals surface area contributed by atoms with E-state index in [1.54, 1.807) is 0 Å². The number of fused-ring (bicyclic) bond motifs is 3. The topological polar surface area (TPSA) is 0 Å². The smallest absolute Gasteiger partial charge is 0.0314 e. The van der Waals surface area contributed by atoms with Gasteiger partial charge in [0.1, 0.15) is 0 Å². The summed E-state index contributed by atoms with van der Waals surface area (Å²) in [5.74, 6) is 0. The van der Waals surface area contributed by atoms with Gasteiger partial charge in [0.25, 0.3) is 0 Å². The number of rotatable bonds is 2. The van der Waals surface area contributed by atoms with Gasteiger partial charge in [0, 0.05) is 19.7 Å². The standard InChI is InChI=1S/C21H17BrS/c1-21(2)17-8-4-3-7-15(17)16-12-11-14(13-18(16)21)23-20-10-6-5-9-19(20)22/h3-13H,1-2H3. The van der Waals surface area contributed by atoms with E-state index in [1.165, 1.54) is 32.0 Å². The lowest BCUT2D eigenvalue weighted by atomic mass is 9.82. The Kier molecular flexibility index (Phi) is 3.62. The number of benzene rings is 3. The Balaban J connectivity index is 1.79. The predicted octanol–water partition coefficient (Wildman–Crippen LogP) is 6.91. The van der Waals surface area contributed by atoms with E-state index in [9.17, 15) is 0 Å². The predicted molar refractivity (Wildman–Crippen MR) is 102 cm³/mol. The third-order valence-electron chi connectivity index (χ3n) is 4.62. The Hall–Kier alpha value is -1.51. The molecule has 1 aliphatic carbocycles. The van der Waals surface area contributed by atoms with Crippen LogP contribution in [0.15, 0.2) is 81.0 Å². The molecule has 0 saturated heterocycles. The molecule has 0 N–H and O–H groups in total. The van der Waals surface area contributed by atoms with Crippen molar-refractivity contribution in [3.63, 3.8) is 0 Å². The average molecular weight is 381 g/mol. The van der Waals surface area contributed by atoms with Gasteiger partial charge in [-0.15, -0.1) is 0 Å². The molecule has 2 heteroatoms. The zero-order valence-corrected chi connectivity index (χ0v) is 15.5. The molecule has 23 heavy (non-hydrogen) atoms. The monoisotopic (exact) mass is 380 g/mol. The van der Waals surface area contributed by atoms with Gasteiger partial charge >= 0.3 is 0 Å². The molecule has 0 aromatic heterocycles. The second kappa shape index (κ2) is 5.54. The van der Waals surface area contributed by atoms with Crippen molar-refractivity contribution in [1.82, 2.24) is 0 Å². The Morgan fingerprint density at radius 2 is 1.48 bits per heavy atom. The van der Waals surface area contributed by atoms with Crippen molar-refractivity contribution in [2.75, 3.05) is 0 Å². The lowest BCUT2D eigenvalue weighted by Crippen LogP contribution is -2.14. The largest absolute Gasteiger partial charge is 0.0889 e. The normalized spacial score (nSPS) is 14.4. The van der Waals surface area contributed by atoms with Crippen molar-refractivity contribution >= 4 is 27.7 Å². The van der Waals surface area contributed by atoms with Crippen LogP contribution in [0.2, 0.25) is 0 Å².